The van der Waals surface area contributed by atoms with Gasteiger partial charge in [0.15, 0.2) is 0 Å². The second-order valence-electron chi connectivity index (χ2n) is 6.37. The third-order valence-electron chi connectivity index (χ3n) is 4.83. The van der Waals surface area contributed by atoms with Crippen LogP contribution >= 0.6 is 11.6 Å². The second-order valence-corrected chi connectivity index (χ2v) is 6.78. The first-order chi connectivity index (χ1) is 10.7. The van der Waals surface area contributed by atoms with E-state index in [1.54, 1.807) is 6.07 Å². The number of aromatic hydroxyl groups is 1. The molecule has 5 heteroatoms. The van der Waals surface area contributed by atoms with Gasteiger partial charge in [-0.3, -0.25) is 4.90 Å². The number of hydrogen-bond acceptors (Lipinski definition) is 4. The minimum atomic E-state index is 0.169. The van der Waals surface area contributed by atoms with E-state index in [9.17, 15) is 5.11 Å². The van der Waals surface area contributed by atoms with Crippen LogP contribution in [-0.2, 0) is 0 Å². The van der Waals surface area contributed by atoms with Crippen molar-refractivity contribution >= 4 is 11.6 Å². The lowest BCUT2D eigenvalue weighted by Gasteiger charge is -2.39. The van der Waals surface area contributed by atoms with E-state index < -0.39 is 0 Å². The number of hydrogen-bond donors (Lipinski definition) is 2. The lowest BCUT2D eigenvalue weighted by molar-refractivity contribution is 0.114. The van der Waals surface area contributed by atoms with Gasteiger partial charge in [0.05, 0.1) is 5.02 Å². The lowest BCUT2D eigenvalue weighted by atomic mass is 10.0. The predicted molar refractivity (Wildman–Crippen MR) is 90.6 cm³/mol. The zero-order valence-corrected chi connectivity index (χ0v) is 13.9. The van der Waals surface area contributed by atoms with Crippen LogP contribution in [0.3, 0.4) is 0 Å². The number of piperazine rings is 1. The zero-order chi connectivity index (χ0) is 15.4. The minimum absolute atomic E-state index is 0.169. The Morgan fingerprint density at radius 3 is 2.50 bits per heavy atom. The molecule has 2 aliphatic heterocycles. The number of nitrogens with one attached hydrogen (secondary N) is 1. The highest BCUT2D eigenvalue weighted by molar-refractivity contribution is 6.32. The monoisotopic (exact) mass is 323 g/mol. The third-order valence-corrected chi connectivity index (χ3v) is 5.13. The summed E-state index contributed by atoms with van der Waals surface area (Å²) in [5, 5.41) is 13.6. The highest BCUT2D eigenvalue weighted by Crippen LogP contribution is 2.30. The minimum Gasteiger partial charge on any atom is -0.506 e. The van der Waals surface area contributed by atoms with Crippen molar-refractivity contribution in [3.8, 4) is 5.75 Å². The number of rotatable bonds is 4. The van der Waals surface area contributed by atoms with Crippen LogP contribution in [0, 0.1) is 0 Å². The van der Waals surface area contributed by atoms with Gasteiger partial charge in [0.1, 0.15) is 5.75 Å². The first-order valence-electron chi connectivity index (χ1n) is 8.39. The molecule has 2 aliphatic rings. The van der Waals surface area contributed by atoms with Gasteiger partial charge in [-0.25, -0.2) is 0 Å². The molecule has 1 aromatic carbocycles. The van der Waals surface area contributed by atoms with E-state index in [4.69, 9.17) is 11.6 Å². The van der Waals surface area contributed by atoms with Crippen LogP contribution in [0.4, 0.5) is 0 Å². The van der Waals surface area contributed by atoms with Gasteiger partial charge in [0.25, 0.3) is 0 Å². The summed E-state index contributed by atoms with van der Waals surface area (Å²) in [6.45, 7) is 7.68. The van der Waals surface area contributed by atoms with E-state index >= 15 is 0 Å². The standard InChI is InChI=1S/C17H26ClN3O/c18-15-12-14(4-5-17(15)22)16(21-10-6-19-7-11-21)13-20-8-2-1-3-9-20/h4-5,12,16,19,22H,1-3,6-11,13H2. The van der Waals surface area contributed by atoms with Gasteiger partial charge in [0, 0.05) is 38.8 Å². The van der Waals surface area contributed by atoms with Gasteiger partial charge >= 0.3 is 0 Å². The average molecular weight is 324 g/mol. The molecule has 22 heavy (non-hydrogen) atoms. The zero-order valence-electron chi connectivity index (χ0n) is 13.1. The van der Waals surface area contributed by atoms with Gasteiger partial charge in [0.2, 0.25) is 0 Å². The molecule has 1 atom stereocenters. The van der Waals surface area contributed by atoms with Crippen LogP contribution < -0.4 is 5.32 Å². The number of benzene rings is 1. The van der Waals surface area contributed by atoms with Crippen LogP contribution in [-0.4, -0.2) is 60.7 Å². The molecule has 0 radical (unpaired) electrons. The van der Waals surface area contributed by atoms with Crippen LogP contribution in [0.2, 0.25) is 5.02 Å². The van der Waals surface area contributed by atoms with E-state index in [0.29, 0.717) is 11.1 Å². The summed E-state index contributed by atoms with van der Waals surface area (Å²) in [7, 11) is 0. The molecule has 2 saturated heterocycles. The van der Waals surface area contributed by atoms with E-state index in [-0.39, 0.29) is 5.75 Å². The van der Waals surface area contributed by atoms with Crippen molar-refractivity contribution in [2.24, 2.45) is 0 Å². The van der Waals surface area contributed by atoms with E-state index in [1.165, 1.54) is 37.9 Å². The molecule has 0 spiro atoms. The van der Waals surface area contributed by atoms with Crippen molar-refractivity contribution in [2.75, 3.05) is 45.8 Å². The largest absolute Gasteiger partial charge is 0.506 e. The molecule has 1 unspecified atom stereocenters. The summed E-state index contributed by atoms with van der Waals surface area (Å²) in [5.41, 5.74) is 1.22. The van der Waals surface area contributed by atoms with Crippen LogP contribution in [0.25, 0.3) is 0 Å². The maximum absolute atomic E-state index is 9.69. The van der Waals surface area contributed by atoms with E-state index in [2.05, 4.69) is 15.1 Å². The second kappa shape index (κ2) is 7.64. The van der Waals surface area contributed by atoms with Crippen LogP contribution in [0.1, 0.15) is 30.9 Å². The van der Waals surface area contributed by atoms with Gasteiger partial charge < -0.3 is 15.3 Å². The number of nitrogens with zero attached hydrogens (tertiary/aromatic N) is 2. The van der Waals surface area contributed by atoms with Crippen molar-refractivity contribution in [3.05, 3.63) is 28.8 Å². The molecule has 2 heterocycles. The fourth-order valence-corrected chi connectivity index (χ4v) is 3.73. The van der Waals surface area contributed by atoms with Gasteiger partial charge in [-0.2, -0.15) is 0 Å². The van der Waals surface area contributed by atoms with Crippen molar-refractivity contribution in [1.82, 2.24) is 15.1 Å². The van der Waals surface area contributed by atoms with Crippen molar-refractivity contribution < 1.29 is 5.11 Å². The number of piperidine rings is 1. The molecular weight excluding hydrogens is 298 g/mol. The van der Waals surface area contributed by atoms with E-state index in [0.717, 1.165) is 32.7 Å². The maximum atomic E-state index is 9.69. The summed E-state index contributed by atoms with van der Waals surface area (Å²) < 4.78 is 0. The summed E-state index contributed by atoms with van der Waals surface area (Å²) in [5.74, 6) is 0.169. The maximum Gasteiger partial charge on any atom is 0.134 e. The molecular formula is C17H26ClN3O. The van der Waals surface area contributed by atoms with E-state index in [1.807, 2.05) is 12.1 Å². The summed E-state index contributed by atoms with van der Waals surface area (Å²) in [4.78, 5) is 5.13. The molecule has 4 nitrogen and oxygen atoms in total. The highest BCUT2D eigenvalue weighted by atomic mass is 35.5. The average Bonchev–Trinajstić information content (AvgIpc) is 2.57. The number of phenolic OH excluding ortho intramolecular Hbond substituents is 1. The molecule has 0 amide bonds. The number of phenols is 1. The highest BCUT2D eigenvalue weighted by Gasteiger charge is 2.25. The fourth-order valence-electron chi connectivity index (χ4n) is 3.54. The Balaban J connectivity index is 1.78. The molecule has 0 aliphatic carbocycles. The Bertz CT molecular complexity index is 485. The first kappa shape index (κ1) is 16.1. The van der Waals surface area contributed by atoms with Crippen molar-refractivity contribution in [2.45, 2.75) is 25.3 Å². The molecule has 0 aromatic heterocycles. The van der Waals surface area contributed by atoms with Crippen LogP contribution in [0.15, 0.2) is 18.2 Å². The smallest absolute Gasteiger partial charge is 0.134 e. The molecule has 122 valence electrons. The molecule has 2 N–H and O–H groups in total. The third kappa shape index (κ3) is 3.93. The summed E-state index contributed by atoms with van der Waals surface area (Å²) >= 11 is 6.15. The molecule has 3 rings (SSSR count). The topological polar surface area (TPSA) is 38.7 Å². The fraction of sp³-hybridized carbons (Fsp3) is 0.647. The Labute approximate surface area is 138 Å². The molecule has 0 bridgehead atoms. The van der Waals surface area contributed by atoms with Gasteiger partial charge in [-0.1, -0.05) is 24.1 Å². The number of likely N-dealkylation sites (tertiary alicyclic amines) is 1. The SMILES string of the molecule is Oc1ccc(C(CN2CCCCC2)N2CCNCC2)cc1Cl. The van der Waals surface area contributed by atoms with Crippen molar-refractivity contribution in [3.63, 3.8) is 0 Å². The molecule has 1 aromatic rings. The molecule has 0 saturated carbocycles. The Kier molecular flexibility index (Phi) is 5.58. The number of halogens is 1. The first-order valence-corrected chi connectivity index (χ1v) is 8.77. The van der Waals surface area contributed by atoms with Gasteiger partial charge in [-0.15, -0.1) is 0 Å². The molecule has 2 fully saturated rings. The normalized spacial score (nSPS) is 22.6. The Hall–Kier alpha value is -0.810. The lowest BCUT2D eigenvalue weighted by Crippen LogP contribution is -2.48. The predicted octanol–water partition coefficient (Wildman–Crippen LogP) is 2.48. The Morgan fingerprint density at radius 1 is 1.09 bits per heavy atom. The van der Waals surface area contributed by atoms with Crippen LogP contribution in [0.5, 0.6) is 5.75 Å². The quantitative estimate of drug-likeness (QED) is 0.893. The summed E-state index contributed by atoms with van der Waals surface area (Å²) in [6.07, 6.45) is 3.98. The Morgan fingerprint density at radius 2 is 1.82 bits per heavy atom. The van der Waals surface area contributed by atoms with Crippen molar-refractivity contribution in [1.29, 1.82) is 0 Å². The summed E-state index contributed by atoms with van der Waals surface area (Å²) in [6, 6.07) is 6.05. The van der Waals surface area contributed by atoms with Gasteiger partial charge in [-0.05, 0) is 43.6 Å².